The van der Waals surface area contributed by atoms with E-state index >= 15 is 0 Å². The minimum atomic E-state index is -3.67. The van der Waals surface area contributed by atoms with Crippen molar-refractivity contribution in [3.63, 3.8) is 0 Å². The summed E-state index contributed by atoms with van der Waals surface area (Å²) in [5, 5.41) is 0. The van der Waals surface area contributed by atoms with E-state index in [0.717, 1.165) is 0 Å². The summed E-state index contributed by atoms with van der Waals surface area (Å²) in [4.78, 5) is 0. The zero-order valence-electron chi connectivity index (χ0n) is 10.7. The van der Waals surface area contributed by atoms with Crippen LogP contribution in [0.3, 0.4) is 0 Å². The van der Waals surface area contributed by atoms with E-state index < -0.39 is 30.4 Å². The van der Waals surface area contributed by atoms with Crippen LogP contribution in [0.4, 0.5) is 0 Å². The van der Waals surface area contributed by atoms with Gasteiger partial charge in [0.1, 0.15) is 0 Å². The fourth-order valence-corrected chi connectivity index (χ4v) is 0. The number of rotatable bonds is 0. The molecule has 0 aliphatic heterocycles. The maximum absolute atomic E-state index is 9.19. The Balaban J connectivity index is -0.0000000277. The Morgan fingerprint density at radius 1 is 0.625 bits per heavy atom. The van der Waals surface area contributed by atoms with Gasteiger partial charge < -0.3 is 2.85 Å². The summed E-state index contributed by atoms with van der Waals surface area (Å²) in [6.07, 6.45) is 2.15. The molecular weight excluding hydrogens is 301 g/mol. The van der Waals surface area contributed by atoms with E-state index in [1.807, 2.05) is 0 Å². The molecule has 0 heterocycles. The summed E-state index contributed by atoms with van der Waals surface area (Å²) in [6.45, 7) is 0. The topological polar surface area (TPSA) is 163 Å². The first-order valence-corrected chi connectivity index (χ1v) is 8.32. The molecule has 0 aromatic carbocycles. The van der Waals surface area contributed by atoms with Crippen molar-refractivity contribution in [3.8, 4) is 0 Å². The summed E-state index contributed by atoms with van der Waals surface area (Å²) in [5.74, 6) is 0. The van der Waals surface area contributed by atoms with Gasteiger partial charge in [0.15, 0.2) is 0 Å². The van der Waals surface area contributed by atoms with Gasteiger partial charge in [-0.05, 0) is 0 Å². The van der Waals surface area contributed by atoms with Crippen LogP contribution in [0.25, 0.3) is 0 Å². The van der Waals surface area contributed by atoms with Gasteiger partial charge in [-0.3, -0.25) is 13.7 Å². The fraction of sp³-hybridized carbons (Fsp3) is 1.00. The molecule has 0 saturated carbocycles. The Morgan fingerprint density at radius 2 is 0.625 bits per heavy atom. The van der Waals surface area contributed by atoms with E-state index in [2.05, 4.69) is 0 Å². The Hall–Kier alpha value is 0.496. The van der Waals surface area contributed by atoms with Crippen molar-refractivity contribution < 1.29 is 41.8 Å². The molecule has 16 heavy (non-hydrogen) atoms. The molecule has 100 valence electrons. The van der Waals surface area contributed by atoms with Crippen molar-refractivity contribution in [1.29, 1.82) is 0 Å². The first-order chi connectivity index (χ1) is 6.00. The normalized spacial score (nSPS) is 10.9. The van der Waals surface area contributed by atoms with E-state index in [1.165, 1.54) is 0 Å². The first-order valence-electron chi connectivity index (χ1n) is 2.77. The van der Waals surface area contributed by atoms with Crippen molar-refractivity contribution in [1.82, 2.24) is 0 Å². The molecule has 0 fully saturated rings. The van der Waals surface area contributed by atoms with Gasteiger partial charge in [0, 0.05) is 0 Å². The summed E-state index contributed by atoms with van der Waals surface area (Å²) < 4.78 is 77.6. The second-order valence-electron chi connectivity index (χ2n) is 2.20. The van der Waals surface area contributed by atoms with Crippen molar-refractivity contribution in [3.05, 3.63) is 0 Å². The molecule has 0 rings (SSSR count). The molecule has 9 nitrogen and oxygen atoms in total. The van der Waals surface area contributed by atoms with Crippen LogP contribution in [0.5, 0.6) is 0 Å². The van der Waals surface area contributed by atoms with E-state index in [9.17, 15) is 25.3 Å². The van der Waals surface area contributed by atoms with Crippen LogP contribution in [0.2, 0.25) is 0 Å². The van der Waals surface area contributed by atoms with Crippen LogP contribution < -0.4 is 0 Å². The quantitative estimate of drug-likeness (QED) is 0.351. The van der Waals surface area contributed by atoms with Crippen LogP contribution in [0.1, 0.15) is 2.85 Å². The molecule has 0 aliphatic carbocycles. The number of hydrogen-bond acceptors (Lipinski definition) is 6. The largest absolute Gasteiger partial charge is 2.00 e. The molecule has 0 aromatic rings. The molecule has 0 spiro atoms. The summed E-state index contributed by atoms with van der Waals surface area (Å²) in [5.41, 5.74) is 0. The second kappa shape index (κ2) is 9.52. The van der Waals surface area contributed by atoms with E-state index in [-0.39, 0.29) is 25.9 Å². The Bertz CT molecular complexity index is 356. The fourth-order valence-electron chi connectivity index (χ4n) is 0. The molecule has 0 atom stereocenters. The molecule has 0 aliphatic rings. The summed E-state index contributed by atoms with van der Waals surface area (Å²) in [6, 6.07) is 0. The van der Waals surface area contributed by atoms with Crippen LogP contribution >= 0.6 is 0 Å². The average molecular weight is 315 g/mol. The van der Waals surface area contributed by atoms with Gasteiger partial charge in [0.2, 0.25) is 0 Å². The molecule has 0 amide bonds. The smallest absolute Gasteiger partial charge is 1.00 e. The predicted molar refractivity (Wildman–Crippen MR) is 60.4 cm³/mol. The van der Waals surface area contributed by atoms with Crippen molar-refractivity contribution in [2.45, 2.75) is 0 Å². The van der Waals surface area contributed by atoms with Gasteiger partial charge >= 0.3 is 23.1 Å². The first kappa shape index (κ1) is 25.4. The van der Waals surface area contributed by atoms with Crippen molar-refractivity contribution >= 4 is 53.4 Å². The third-order valence-corrected chi connectivity index (χ3v) is 0. The maximum atomic E-state index is 9.19. The van der Waals surface area contributed by atoms with Gasteiger partial charge in [-0.15, -0.1) is 0 Å². The van der Waals surface area contributed by atoms with Gasteiger partial charge in [-0.1, -0.05) is 0 Å². The average Bonchev–Trinajstić information content (AvgIpc) is 1.41. The minimum absolute atomic E-state index is 0. The van der Waals surface area contributed by atoms with E-state index in [1.54, 1.807) is 0 Å². The molecule has 0 radical (unpaired) electrons. The SMILES string of the molecule is CS(=O)(=O)O.CS(=O)(=O)O.CS(=O)(=O)O.[H-].[H-].[Mg+2]. The number of hydrogen-bond donors (Lipinski definition) is 3. The molecule has 0 bridgehead atoms. The summed E-state index contributed by atoms with van der Waals surface area (Å²) in [7, 11) is -11.0. The molecule has 13 heteroatoms. The zero-order valence-corrected chi connectivity index (χ0v) is 12.6. The third kappa shape index (κ3) is 10700. The molecule has 3 N–H and O–H groups in total. The maximum Gasteiger partial charge on any atom is 2.00 e. The van der Waals surface area contributed by atoms with E-state index in [4.69, 9.17) is 13.7 Å². The monoisotopic (exact) mass is 314 g/mol. The standard InChI is InChI=1S/3CH4O3S.Mg.2H/c3*1-5(2,3)4;;;/h3*1H3,(H,2,3,4);;;/q;;;+2;2*-1. The minimum Gasteiger partial charge on any atom is -1.00 e. The Morgan fingerprint density at radius 3 is 0.625 bits per heavy atom. The van der Waals surface area contributed by atoms with Crippen LogP contribution in [0.15, 0.2) is 0 Å². The third-order valence-electron chi connectivity index (χ3n) is 0. The Kier molecular flexibility index (Phi) is 15.1. The molecule has 0 saturated heterocycles. The molecular formula is C3H14MgO9S3. The molecule has 0 unspecified atom stereocenters. The van der Waals surface area contributed by atoms with Crippen LogP contribution in [-0.4, -0.2) is 80.7 Å². The Labute approximate surface area is 114 Å². The van der Waals surface area contributed by atoms with Gasteiger partial charge in [-0.2, -0.15) is 25.3 Å². The van der Waals surface area contributed by atoms with Gasteiger partial charge in [0.05, 0.1) is 18.8 Å². The van der Waals surface area contributed by atoms with Crippen LogP contribution in [-0.2, 0) is 30.4 Å². The zero-order chi connectivity index (χ0) is 13.5. The summed E-state index contributed by atoms with van der Waals surface area (Å²) >= 11 is 0. The van der Waals surface area contributed by atoms with Crippen molar-refractivity contribution in [2.75, 3.05) is 18.8 Å². The predicted octanol–water partition coefficient (Wildman–Crippen LogP) is -1.64. The van der Waals surface area contributed by atoms with Gasteiger partial charge in [-0.25, -0.2) is 0 Å². The second-order valence-corrected chi connectivity index (χ2v) is 6.60. The molecule has 0 aromatic heterocycles. The van der Waals surface area contributed by atoms with Crippen LogP contribution in [0, 0.1) is 0 Å². The van der Waals surface area contributed by atoms with E-state index in [0.29, 0.717) is 18.8 Å². The van der Waals surface area contributed by atoms with Gasteiger partial charge in [0.25, 0.3) is 30.4 Å². The van der Waals surface area contributed by atoms with Crippen molar-refractivity contribution in [2.24, 2.45) is 0 Å².